The zero-order valence-electron chi connectivity index (χ0n) is 11.2. The Hall–Kier alpha value is -0.610. The molecule has 4 nitrogen and oxygen atoms in total. The van der Waals surface area contributed by atoms with Crippen molar-refractivity contribution in [1.82, 2.24) is 15.5 Å². The normalized spacial score (nSPS) is 32.9. The average molecular weight is 251 g/mol. The van der Waals surface area contributed by atoms with Crippen molar-refractivity contribution in [2.24, 2.45) is 11.8 Å². The van der Waals surface area contributed by atoms with E-state index in [2.05, 4.69) is 15.5 Å². The largest absolute Gasteiger partial charge is 0.356 e. The van der Waals surface area contributed by atoms with Crippen molar-refractivity contribution in [1.29, 1.82) is 0 Å². The number of amides is 1. The Morgan fingerprint density at radius 1 is 1.22 bits per heavy atom. The van der Waals surface area contributed by atoms with E-state index in [9.17, 15) is 4.79 Å². The quantitative estimate of drug-likeness (QED) is 0.751. The lowest BCUT2D eigenvalue weighted by molar-refractivity contribution is -0.122. The summed E-state index contributed by atoms with van der Waals surface area (Å²) in [6.07, 6.45) is 5.93. The first-order valence-corrected chi connectivity index (χ1v) is 7.52. The molecule has 0 aromatic rings. The minimum absolute atomic E-state index is 0.258. The highest BCUT2D eigenvalue weighted by Gasteiger charge is 2.34. The van der Waals surface area contributed by atoms with Gasteiger partial charge < -0.3 is 15.5 Å². The second-order valence-electron chi connectivity index (χ2n) is 6.25. The van der Waals surface area contributed by atoms with Crippen molar-refractivity contribution in [3.8, 4) is 0 Å². The van der Waals surface area contributed by atoms with Gasteiger partial charge in [0.15, 0.2) is 0 Å². The van der Waals surface area contributed by atoms with Crippen LogP contribution in [0.1, 0.15) is 32.1 Å². The summed E-state index contributed by atoms with van der Waals surface area (Å²) in [5, 5.41) is 6.45. The minimum Gasteiger partial charge on any atom is -0.356 e. The molecule has 102 valence electrons. The maximum atomic E-state index is 11.8. The van der Waals surface area contributed by atoms with Crippen molar-refractivity contribution in [3.05, 3.63) is 0 Å². The molecule has 0 radical (unpaired) electrons. The summed E-state index contributed by atoms with van der Waals surface area (Å²) in [5.41, 5.74) is 0. The Labute approximate surface area is 109 Å². The third-order valence-corrected chi connectivity index (χ3v) is 4.60. The van der Waals surface area contributed by atoms with Gasteiger partial charge in [-0.1, -0.05) is 0 Å². The predicted octanol–water partition coefficient (Wildman–Crippen LogP) is 0.587. The molecule has 3 aliphatic rings. The highest BCUT2D eigenvalue weighted by molar-refractivity contribution is 5.76. The van der Waals surface area contributed by atoms with Crippen molar-refractivity contribution in [3.63, 3.8) is 0 Å². The van der Waals surface area contributed by atoms with E-state index in [0.29, 0.717) is 18.3 Å². The fourth-order valence-corrected chi connectivity index (χ4v) is 3.28. The van der Waals surface area contributed by atoms with E-state index in [1.807, 2.05) is 0 Å². The van der Waals surface area contributed by atoms with E-state index in [0.717, 1.165) is 32.1 Å². The number of likely N-dealkylation sites (tertiary alicyclic amines) is 1. The standard InChI is InChI=1S/C14H25N3O/c18-14(7-11-3-5-15-8-11)16-9-12-4-6-17(10-12)13-1-2-13/h11-13,15H,1-10H2,(H,16,18). The molecule has 18 heavy (non-hydrogen) atoms. The molecule has 2 saturated heterocycles. The Bertz CT molecular complexity index is 297. The fourth-order valence-electron chi connectivity index (χ4n) is 3.28. The SMILES string of the molecule is O=C(CC1CCNC1)NCC1CCN(C2CC2)C1. The van der Waals surface area contributed by atoms with Crippen LogP contribution >= 0.6 is 0 Å². The van der Waals surface area contributed by atoms with Crippen LogP contribution in [0.25, 0.3) is 0 Å². The summed E-state index contributed by atoms with van der Waals surface area (Å²) in [5.74, 6) is 1.52. The maximum Gasteiger partial charge on any atom is 0.220 e. The molecular formula is C14H25N3O. The van der Waals surface area contributed by atoms with Gasteiger partial charge >= 0.3 is 0 Å². The Morgan fingerprint density at radius 3 is 2.83 bits per heavy atom. The predicted molar refractivity (Wildman–Crippen MR) is 71.3 cm³/mol. The summed E-state index contributed by atoms with van der Waals surface area (Å²) in [6, 6.07) is 0.885. The van der Waals surface area contributed by atoms with Crippen LogP contribution in [0.4, 0.5) is 0 Å². The van der Waals surface area contributed by atoms with E-state index in [1.165, 1.54) is 32.4 Å². The van der Waals surface area contributed by atoms with E-state index >= 15 is 0 Å². The maximum absolute atomic E-state index is 11.8. The van der Waals surface area contributed by atoms with Crippen molar-refractivity contribution < 1.29 is 4.79 Å². The minimum atomic E-state index is 0.258. The molecule has 0 bridgehead atoms. The summed E-state index contributed by atoms with van der Waals surface area (Å²) in [4.78, 5) is 14.4. The van der Waals surface area contributed by atoms with Gasteiger partial charge in [0.1, 0.15) is 0 Å². The number of carbonyl (C=O) groups is 1. The second-order valence-corrected chi connectivity index (χ2v) is 6.25. The first-order chi connectivity index (χ1) is 8.81. The number of nitrogens with one attached hydrogen (secondary N) is 2. The van der Waals surface area contributed by atoms with Crippen LogP contribution in [0.5, 0.6) is 0 Å². The lowest BCUT2D eigenvalue weighted by Gasteiger charge is -2.15. The van der Waals surface area contributed by atoms with Gasteiger partial charge in [0.2, 0.25) is 5.91 Å². The summed E-state index contributed by atoms with van der Waals surface area (Å²) < 4.78 is 0. The topological polar surface area (TPSA) is 44.4 Å². The highest BCUT2D eigenvalue weighted by atomic mass is 16.1. The fraction of sp³-hybridized carbons (Fsp3) is 0.929. The number of carbonyl (C=O) groups excluding carboxylic acids is 1. The van der Waals surface area contributed by atoms with Crippen LogP contribution < -0.4 is 10.6 Å². The third-order valence-electron chi connectivity index (χ3n) is 4.60. The highest BCUT2D eigenvalue weighted by Crippen LogP contribution is 2.31. The molecular weight excluding hydrogens is 226 g/mol. The lowest BCUT2D eigenvalue weighted by Crippen LogP contribution is -2.32. The summed E-state index contributed by atoms with van der Waals surface area (Å²) >= 11 is 0. The van der Waals surface area contributed by atoms with Gasteiger partial charge in [-0.3, -0.25) is 4.79 Å². The Balaban J connectivity index is 1.32. The molecule has 1 saturated carbocycles. The van der Waals surface area contributed by atoms with Gasteiger partial charge in [0.05, 0.1) is 0 Å². The van der Waals surface area contributed by atoms with E-state index in [1.54, 1.807) is 0 Å². The first-order valence-electron chi connectivity index (χ1n) is 7.52. The average Bonchev–Trinajstić information content (AvgIpc) is 2.90. The van der Waals surface area contributed by atoms with Gasteiger partial charge in [-0.25, -0.2) is 0 Å². The molecule has 2 unspecified atom stereocenters. The molecule has 3 fully saturated rings. The van der Waals surface area contributed by atoms with Crippen molar-refractivity contribution in [2.75, 3.05) is 32.7 Å². The molecule has 2 aliphatic heterocycles. The van der Waals surface area contributed by atoms with Gasteiger partial charge in [-0.05, 0) is 57.2 Å². The van der Waals surface area contributed by atoms with Gasteiger partial charge in [0.25, 0.3) is 0 Å². The molecule has 0 aromatic heterocycles. The number of hydrogen-bond donors (Lipinski definition) is 2. The Kier molecular flexibility index (Phi) is 3.85. The molecule has 1 aliphatic carbocycles. The molecule has 4 heteroatoms. The van der Waals surface area contributed by atoms with Crippen molar-refractivity contribution in [2.45, 2.75) is 38.1 Å². The van der Waals surface area contributed by atoms with Crippen LogP contribution in [0, 0.1) is 11.8 Å². The Morgan fingerprint density at radius 2 is 2.11 bits per heavy atom. The number of nitrogens with zero attached hydrogens (tertiary/aromatic N) is 1. The van der Waals surface area contributed by atoms with E-state index < -0.39 is 0 Å². The lowest BCUT2D eigenvalue weighted by atomic mass is 10.0. The van der Waals surface area contributed by atoms with Gasteiger partial charge in [-0.15, -0.1) is 0 Å². The van der Waals surface area contributed by atoms with Crippen LogP contribution in [-0.2, 0) is 4.79 Å². The summed E-state index contributed by atoms with van der Waals surface area (Å²) in [6.45, 7) is 5.44. The second kappa shape index (κ2) is 5.57. The third kappa shape index (κ3) is 3.23. The molecule has 0 aromatic carbocycles. The number of hydrogen-bond acceptors (Lipinski definition) is 3. The zero-order valence-corrected chi connectivity index (χ0v) is 11.2. The summed E-state index contributed by atoms with van der Waals surface area (Å²) in [7, 11) is 0. The first kappa shape index (κ1) is 12.4. The van der Waals surface area contributed by atoms with E-state index in [-0.39, 0.29) is 5.91 Å². The molecule has 2 N–H and O–H groups in total. The van der Waals surface area contributed by atoms with Crippen LogP contribution in [-0.4, -0.2) is 49.6 Å². The monoisotopic (exact) mass is 251 g/mol. The molecule has 1 amide bonds. The van der Waals surface area contributed by atoms with Gasteiger partial charge in [-0.2, -0.15) is 0 Å². The van der Waals surface area contributed by atoms with Gasteiger partial charge in [0, 0.05) is 25.6 Å². The molecule has 2 heterocycles. The zero-order chi connectivity index (χ0) is 12.4. The smallest absolute Gasteiger partial charge is 0.220 e. The molecule has 3 rings (SSSR count). The molecule has 0 spiro atoms. The molecule has 2 atom stereocenters. The van der Waals surface area contributed by atoms with Crippen LogP contribution in [0.15, 0.2) is 0 Å². The van der Waals surface area contributed by atoms with Crippen LogP contribution in [0.2, 0.25) is 0 Å². The van der Waals surface area contributed by atoms with Crippen LogP contribution in [0.3, 0.4) is 0 Å². The van der Waals surface area contributed by atoms with Crippen molar-refractivity contribution >= 4 is 5.91 Å². The number of rotatable bonds is 5. The van der Waals surface area contributed by atoms with E-state index in [4.69, 9.17) is 0 Å².